The zero-order valence-electron chi connectivity index (χ0n) is 13.0. The summed E-state index contributed by atoms with van der Waals surface area (Å²) >= 11 is 2.22. The fourth-order valence-electron chi connectivity index (χ4n) is 2.15. The topological polar surface area (TPSA) is 102 Å². The van der Waals surface area contributed by atoms with Crippen LogP contribution in [0.15, 0.2) is 51.9 Å². The molecule has 3 rings (SSSR count). The molecule has 0 amide bonds. The number of halogens is 1. The summed E-state index contributed by atoms with van der Waals surface area (Å²) in [5.74, 6) is -0.201. The highest BCUT2D eigenvalue weighted by molar-refractivity contribution is 14.1. The number of nitro benzene ring substituents is 1. The molecular formula is C17H12IN3O4. The Hall–Kier alpha value is -2.75. The van der Waals surface area contributed by atoms with Crippen LogP contribution in [0.1, 0.15) is 11.3 Å². The van der Waals surface area contributed by atoms with Gasteiger partial charge in [-0.15, -0.1) is 0 Å². The maximum Gasteiger partial charge on any atom is 0.312 e. The Morgan fingerprint density at radius 1 is 1.28 bits per heavy atom. The maximum atomic E-state index is 10.7. The number of oxazole rings is 1. The number of aryl methyl sites for hydroxylation is 1. The quantitative estimate of drug-likeness (QED) is 0.271. The summed E-state index contributed by atoms with van der Waals surface area (Å²) in [5, 5.41) is 20.6. The monoisotopic (exact) mass is 449 g/mol. The normalized spacial score (nSPS) is 11.1. The molecular weight excluding hydrogens is 437 g/mol. The molecule has 0 aliphatic carbocycles. The van der Waals surface area contributed by atoms with Gasteiger partial charge in [-0.2, -0.15) is 0 Å². The van der Waals surface area contributed by atoms with Gasteiger partial charge in [-0.05, 0) is 65.4 Å². The molecule has 1 heterocycles. The van der Waals surface area contributed by atoms with Crippen LogP contribution >= 0.6 is 22.6 Å². The van der Waals surface area contributed by atoms with Gasteiger partial charge in [0.05, 0.1) is 16.8 Å². The molecule has 0 saturated carbocycles. The summed E-state index contributed by atoms with van der Waals surface area (Å²) in [6.45, 7) is 1.94. The Bertz CT molecular complexity index is 965. The van der Waals surface area contributed by atoms with Crippen LogP contribution in [0.4, 0.5) is 11.4 Å². The van der Waals surface area contributed by atoms with Gasteiger partial charge in [-0.3, -0.25) is 15.1 Å². The first kappa shape index (κ1) is 17.1. The van der Waals surface area contributed by atoms with Crippen molar-refractivity contribution >= 4 is 40.2 Å². The Labute approximate surface area is 156 Å². The van der Waals surface area contributed by atoms with Crippen molar-refractivity contribution in [3.05, 3.63) is 67.4 Å². The van der Waals surface area contributed by atoms with Gasteiger partial charge in [-0.1, -0.05) is 0 Å². The van der Waals surface area contributed by atoms with Gasteiger partial charge in [0.1, 0.15) is 0 Å². The van der Waals surface area contributed by atoms with E-state index in [2.05, 4.69) is 32.6 Å². The Kier molecular flexibility index (Phi) is 4.79. The Morgan fingerprint density at radius 3 is 2.64 bits per heavy atom. The molecule has 0 spiro atoms. The van der Waals surface area contributed by atoms with Crippen LogP contribution in [0.2, 0.25) is 0 Å². The lowest BCUT2D eigenvalue weighted by Gasteiger charge is -1.99. The lowest BCUT2D eigenvalue weighted by atomic mass is 10.2. The highest BCUT2D eigenvalue weighted by Gasteiger charge is 2.14. The predicted octanol–water partition coefficient (Wildman–Crippen LogP) is 4.62. The largest absolute Gasteiger partial charge is 0.479 e. The minimum absolute atomic E-state index is 0.0319. The first-order valence-electron chi connectivity index (χ1n) is 7.19. The molecule has 0 bridgehead atoms. The number of nitrogens with zero attached hydrogens (tertiary/aromatic N) is 3. The minimum Gasteiger partial charge on any atom is -0.479 e. The van der Waals surface area contributed by atoms with E-state index in [-0.39, 0.29) is 23.2 Å². The fraction of sp³-hybridized carbons (Fsp3) is 0.0588. The Morgan fingerprint density at radius 2 is 2.00 bits per heavy atom. The summed E-state index contributed by atoms with van der Waals surface area (Å²) in [6.07, 6.45) is 1.42. The molecule has 126 valence electrons. The van der Waals surface area contributed by atoms with Gasteiger partial charge < -0.3 is 9.52 Å². The molecule has 0 saturated heterocycles. The third-order valence-electron chi connectivity index (χ3n) is 3.44. The number of aromatic hydroxyl groups is 1. The number of hydrogen-bond acceptors (Lipinski definition) is 6. The van der Waals surface area contributed by atoms with E-state index in [9.17, 15) is 15.2 Å². The number of aliphatic imine (C=N–C) groups is 1. The van der Waals surface area contributed by atoms with Crippen molar-refractivity contribution in [1.29, 1.82) is 0 Å². The second-order valence-corrected chi connectivity index (χ2v) is 6.45. The second kappa shape index (κ2) is 7.01. The SMILES string of the molecule is Cc1cc(I)ccc1N=Cc1nc(-c2ccc([N+](=O)[O-])cc2)oc1O. The minimum atomic E-state index is -0.488. The average Bonchev–Trinajstić information content (AvgIpc) is 2.95. The molecule has 3 aromatic rings. The second-order valence-electron chi connectivity index (χ2n) is 5.20. The summed E-state index contributed by atoms with van der Waals surface area (Å²) in [6, 6.07) is 11.5. The van der Waals surface area contributed by atoms with E-state index < -0.39 is 4.92 Å². The van der Waals surface area contributed by atoms with Gasteiger partial charge in [-0.25, -0.2) is 4.98 Å². The van der Waals surface area contributed by atoms with Crippen molar-refractivity contribution in [2.24, 2.45) is 4.99 Å². The molecule has 0 unspecified atom stereocenters. The van der Waals surface area contributed by atoms with Crippen LogP contribution in [0.5, 0.6) is 5.95 Å². The smallest absolute Gasteiger partial charge is 0.312 e. The van der Waals surface area contributed by atoms with E-state index in [0.29, 0.717) is 5.56 Å². The van der Waals surface area contributed by atoms with Crippen molar-refractivity contribution in [3.8, 4) is 17.4 Å². The zero-order valence-corrected chi connectivity index (χ0v) is 15.2. The third kappa shape index (κ3) is 3.85. The van der Waals surface area contributed by atoms with Gasteiger partial charge in [0.2, 0.25) is 5.89 Å². The van der Waals surface area contributed by atoms with E-state index in [1.54, 1.807) is 0 Å². The van der Waals surface area contributed by atoms with Gasteiger partial charge >= 0.3 is 5.95 Å². The number of nitro groups is 1. The molecule has 0 atom stereocenters. The molecule has 25 heavy (non-hydrogen) atoms. The highest BCUT2D eigenvalue weighted by atomic mass is 127. The van der Waals surface area contributed by atoms with Crippen molar-refractivity contribution in [1.82, 2.24) is 4.98 Å². The van der Waals surface area contributed by atoms with Gasteiger partial charge in [0, 0.05) is 21.3 Å². The summed E-state index contributed by atoms with van der Waals surface area (Å²) in [5.41, 5.74) is 2.44. The predicted molar refractivity (Wildman–Crippen MR) is 101 cm³/mol. The first-order chi connectivity index (χ1) is 11.9. The molecule has 1 aromatic heterocycles. The lowest BCUT2D eigenvalue weighted by molar-refractivity contribution is -0.384. The number of aromatic nitrogens is 1. The van der Waals surface area contributed by atoms with E-state index >= 15 is 0 Å². The number of rotatable bonds is 4. The summed E-state index contributed by atoms with van der Waals surface area (Å²) in [4.78, 5) is 18.7. The lowest BCUT2D eigenvalue weighted by Crippen LogP contribution is -1.87. The highest BCUT2D eigenvalue weighted by Crippen LogP contribution is 2.28. The number of non-ortho nitro benzene ring substituents is 1. The standard InChI is InChI=1S/C17H12IN3O4/c1-10-8-12(18)4-7-14(10)19-9-15-17(22)25-16(20-15)11-2-5-13(6-3-11)21(23)24/h2-9,22H,1H3. The molecule has 8 heteroatoms. The first-order valence-corrected chi connectivity index (χ1v) is 8.27. The molecule has 0 aliphatic rings. The maximum absolute atomic E-state index is 10.7. The van der Waals surface area contributed by atoms with Crippen LogP contribution in [-0.2, 0) is 0 Å². The fourth-order valence-corrected chi connectivity index (χ4v) is 2.80. The van der Waals surface area contributed by atoms with Crippen LogP contribution in [0.25, 0.3) is 11.5 Å². The molecule has 1 N–H and O–H groups in total. The van der Waals surface area contributed by atoms with Crippen molar-refractivity contribution < 1.29 is 14.4 Å². The Balaban J connectivity index is 1.87. The van der Waals surface area contributed by atoms with E-state index in [0.717, 1.165) is 14.8 Å². The van der Waals surface area contributed by atoms with Gasteiger partial charge in [0.25, 0.3) is 5.69 Å². The molecule has 0 aliphatic heterocycles. The van der Waals surface area contributed by atoms with Crippen molar-refractivity contribution in [3.63, 3.8) is 0 Å². The average molecular weight is 449 g/mol. The van der Waals surface area contributed by atoms with Gasteiger partial charge in [0.15, 0.2) is 5.69 Å². The third-order valence-corrected chi connectivity index (χ3v) is 4.12. The molecule has 7 nitrogen and oxygen atoms in total. The van der Waals surface area contributed by atoms with Crippen LogP contribution < -0.4 is 0 Å². The van der Waals surface area contributed by atoms with E-state index in [4.69, 9.17) is 4.42 Å². The van der Waals surface area contributed by atoms with Crippen molar-refractivity contribution in [2.45, 2.75) is 6.92 Å². The molecule has 2 aromatic carbocycles. The van der Waals surface area contributed by atoms with Crippen LogP contribution in [0.3, 0.4) is 0 Å². The summed E-state index contributed by atoms with van der Waals surface area (Å²) < 4.78 is 6.33. The molecule has 0 fully saturated rings. The zero-order chi connectivity index (χ0) is 18.0. The summed E-state index contributed by atoms with van der Waals surface area (Å²) in [7, 11) is 0. The van der Waals surface area contributed by atoms with Crippen LogP contribution in [-0.4, -0.2) is 21.2 Å². The molecule has 0 radical (unpaired) electrons. The van der Waals surface area contributed by atoms with Crippen molar-refractivity contribution in [2.75, 3.05) is 0 Å². The number of hydrogen-bond donors (Lipinski definition) is 1. The van der Waals surface area contributed by atoms with Crippen LogP contribution in [0, 0.1) is 20.6 Å². The van der Waals surface area contributed by atoms with E-state index in [1.807, 2.05) is 25.1 Å². The van der Waals surface area contributed by atoms with E-state index in [1.165, 1.54) is 30.5 Å². The number of benzene rings is 2.